The fourth-order valence-corrected chi connectivity index (χ4v) is 5.92. The number of fused-ring (bicyclic) bond motifs is 3. The quantitative estimate of drug-likeness (QED) is 0.534. The number of nitrogens with zero attached hydrogens (tertiary/aromatic N) is 3. The van der Waals surface area contributed by atoms with Gasteiger partial charge < -0.3 is 4.57 Å². The molecule has 0 amide bonds. The third kappa shape index (κ3) is 2.41. The summed E-state index contributed by atoms with van der Waals surface area (Å²) >= 11 is 4.83. The molecule has 7 heteroatoms. The highest BCUT2D eigenvalue weighted by Crippen LogP contribution is 2.39. The summed E-state index contributed by atoms with van der Waals surface area (Å²) in [4.78, 5) is 23.4. The number of thioether (sulfide) groups is 1. The molecule has 3 aromatic rings. The van der Waals surface area contributed by atoms with E-state index in [4.69, 9.17) is 0 Å². The first-order valence-electron chi connectivity index (χ1n) is 7.27. The van der Waals surface area contributed by atoms with Crippen molar-refractivity contribution in [3.63, 3.8) is 0 Å². The van der Waals surface area contributed by atoms with Crippen LogP contribution in [-0.4, -0.2) is 20.3 Å². The zero-order valence-corrected chi connectivity index (χ0v) is 14.6. The van der Waals surface area contributed by atoms with Gasteiger partial charge in [-0.1, -0.05) is 11.3 Å². The highest BCUT2D eigenvalue weighted by Gasteiger charge is 2.21. The van der Waals surface area contributed by atoms with Crippen LogP contribution < -0.4 is 4.87 Å². The predicted molar refractivity (Wildman–Crippen MR) is 93.5 cm³/mol. The van der Waals surface area contributed by atoms with E-state index in [1.54, 1.807) is 18.1 Å². The Morgan fingerprint density at radius 1 is 1.36 bits per heavy atom. The minimum absolute atomic E-state index is 0.127. The maximum atomic E-state index is 11.8. The van der Waals surface area contributed by atoms with Crippen molar-refractivity contribution in [1.29, 1.82) is 0 Å². The van der Waals surface area contributed by atoms with Gasteiger partial charge in [-0.15, -0.1) is 23.1 Å². The van der Waals surface area contributed by atoms with Gasteiger partial charge in [0.05, 0.1) is 0 Å². The summed E-state index contributed by atoms with van der Waals surface area (Å²) in [6.07, 6.45) is 5.25. The van der Waals surface area contributed by atoms with Crippen LogP contribution in [0.3, 0.4) is 0 Å². The Kier molecular flexibility index (Phi) is 3.79. The van der Waals surface area contributed by atoms with E-state index in [-0.39, 0.29) is 4.87 Å². The van der Waals surface area contributed by atoms with E-state index < -0.39 is 0 Å². The van der Waals surface area contributed by atoms with Crippen LogP contribution in [-0.2, 0) is 19.4 Å². The molecule has 0 aromatic carbocycles. The average molecular weight is 350 g/mol. The molecule has 4 nitrogen and oxygen atoms in total. The molecule has 1 aliphatic rings. The van der Waals surface area contributed by atoms with Crippen LogP contribution in [0.2, 0.25) is 0 Å². The Bertz CT molecular complexity index is 893. The van der Waals surface area contributed by atoms with E-state index in [2.05, 4.69) is 9.97 Å². The zero-order valence-electron chi connectivity index (χ0n) is 12.2. The first kappa shape index (κ1) is 14.4. The van der Waals surface area contributed by atoms with Gasteiger partial charge in [0, 0.05) is 33.6 Å². The largest absolute Gasteiger partial charge is 0.307 e. The molecule has 0 saturated carbocycles. The maximum Gasteiger partial charge on any atom is 0.307 e. The van der Waals surface area contributed by atoms with E-state index in [1.165, 1.54) is 40.0 Å². The van der Waals surface area contributed by atoms with Crippen LogP contribution in [0.4, 0.5) is 0 Å². The Morgan fingerprint density at radius 2 is 2.27 bits per heavy atom. The van der Waals surface area contributed by atoms with Crippen molar-refractivity contribution in [3.8, 4) is 0 Å². The lowest BCUT2D eigenvalue weighted by atomic mass is 10.2. The molecular weight excluding hydrogens is 334 g/mol. The van der Waals surface area contributed by atoms with Gasteiger partial charge in [0.25, 0.3) is 0 Å². The molecule has 0 spiro atoms. The van der Waals surface area contributed by atoms with Crippen molar-refractivity contribution < 1.29 is 0 Å². The van der Waals surface area contributed by atoms with E-state index in [1.807, 2.05) is 28.2 Å². The van der Waals surface area contributed by atoms with Gasteiger partial charge in [-0.2, -0.15) is 0 Å². The van der Waals surface area contributed by atoms with Gasteiger partial charge >= 0.3 is 4.87 Å². The van der Waals surface area contributed by atoms with Gasteiger partial charge in [-0.25, -0.2) is 9.97 Å². The maximum absolute atomic E-state index is 11.8. The number of hydrogen-bond donors (Lipinski definition) is 0. The van der Waals surface area contributed by atoms with Gasteiger partial charge in [-0.05, 0) is 31.7 Å². The van der Waals surface area contributed by atoms with E-state index in [0.717, 1.165) is 34.3 Å². The van der Waals surface area contributed by atoms with Gasteiger partial charge in [-0.3, -0.25) is 4.79 Å². The number of hydrogen-bond acceptors (Lipinski definition) is 6. The molecule has 22 heavy (non-hydrogen) atoms. The standard InChI is InChI=1S/C15H15N3OS3/c1-9-7-21-15(19)18(9)5-6-20-13-12-10-3-2-4-11(10)22-14(12)17-8-16-13/h7-8H,2-6H2,1H3. The highest BCUT2D eigenvalue weighted by molar-refractivity contribution is 7.99. The van der Waals surface area contributed by atoms with Crippen molar-refractivity contribution in [2.75, 3.05) is 5.75 Å². The second kappa shape index (κ2) is 5.79. The average Bonchev–Trinajstić information content (AvgIpc) is 3.16. The van der Waals surface area contributed by atoms with Gasteiger partial charge in [0.2, 0.25) is 0 Å². The molecular formula is C15H15N3OS3. The van der Waals surface area contributed by atoms with Crippen molar-refractivity contribution in [3.05, 3.63) is 37.5 Å². The molecule has 0 N–H and O–H groups in total. The molecule has 3 aromatic heterocycles. The third-order valence-electron chi connectivity index (χ3n) is 4.00. The second-order valence-corrected chi connectivity index (χ2v) is 8.35. The third-order valence-corrected chi connectivity index (χ3v) is 7.05. The Labute approximate surface area is 140 Å². The molecule has 0 atom stereocenters. The first-order chi connectivity index (χ1) is 10.7. The van der Waals surface area contributed by atoms with Crippen LogP contribution >= 0.6 is 34.4 Å². The Balaban J connectivity index is 1.58. The molecule has 0 aliphatic heterocycles. The van der Waals surface area contributed by atoms with Crippen molar-refractivity contribution >= 4 is 44.7 Å². The van der Waals surface area contributed by atoms with Crippen LogP contribution in [0.25, 0.3) is 10.2 Å². The molecule has 4 rings (SSSR count). The Morgan fingerprint density at radius 3 is 3.09 bits per heavy atom. The summed E-state index contributed by atoms with van der Waals surface area (Å²) in [6, 6.07) is 0. The fraction of sp³-hybridized carbons (Fsp3) is 0.400. The fourth-order valence-electron chi connectivity index (χ4n) is 2.92. The summed E-state index contributed by atoms with van der Waals surface area (Å²) in [5.41, 5.74) is 2.51. The normalized spacial score (nSPS) is 13.9. The molecule has 0 fully saturated rings. The van der Waals surface area contributed by atoms with E-state index >= 15 is 0 Å². The molecule has 0 unspecified atom stereocenters. The summed E-state index contributed by atoms with van der Waals surface area (Å²) in [5.74, 6) is 0.855. The number of aromatic nitrogens is 3. The number of thiophene rings is 1. The van der Waals surface area contributed by atoms with Crippen LogP contribution in [0.1, 0.15) is 22.6 Å². The molecule has 1 aliphatic carbocycles. The van der Waals surface area contributed by atoms with Crippen LogP contribution in [0, 0.1) is 6.92 Å². The summed E-state index contributed by atoms with van der Waals surface area (Å²) in [5, 5.41) is 4.26. The van der Waals surface area contributed by atoms with E-state index in [9.17, 15) is 4.79 Å². The minimum atomic E-state index is 0.127. The van der Waals surface area contributed by atoms with Crippen LogP contribution in [0.15, 0.2) is 21.5 Å². The zero-order chi connectivity index (χ0) is 15.1. The predicted octanol–water partition coefficient (Wildman–Crippen LogP) is 3.50. The van der Waals surface area contributed by atoms with Gasteiger partial charge in [0.1, 0.15) is 16.2 Å². The van der Waals surface area contributed by atoms with Crippen molar-refractivity contribution in [1.82, 2.24) is 14.5 Å². The lowest BCUT2D eigenvalue weighted by Gasteiger charge is -2.05. The second-order valence-electron chi connectivity index (χ2n) is 5.36. The monoisotopic (exact) mass is 349 g/mol. The topological polar surface area (TPSA) is 47.8 Å². The number of aryl methyl sites for hydroxylation is 3. The first-order valence-corrected chi connectivity index (χ1v) is 9.95. The molecule has 114 valence electrons. The van der Waals surface area contributed by atoms with E-state index in [0.29, 0.717) is 0 Å². The highest BCUT2D eigenvalue weighted by atomic mass is 32.2. The summed E-state index contributed by atoms with van der Waals surface area (Å²) in [6.45, 7) is 2.72. The molecule has 0 radical (unpaired) electrons. The van der Waals surface area contributed by atoms with Crippen molar-refractivity contribution in [2.24, 2.45) is 0 Å². The molecule has 3 heterocycles. The smallest absolute Gasteiger partial charge is 0.303 e. The Hall–Kier alpha value is -1.18. The summed E-state index contributed by atoms with van der Waals surface area (Å²) in [7, 11) is 0. The molecule has 0 bridgehead atoms. The van der Waals surface area contributed by atoms with Crippen molar-refractivity contribution in [2.45, 2.75) is 37.8 Å². The number of rotatable bonds is 4. The minimum Gasteiger partial charge on any atom is -0.303 e. The van der Waals surface area contributed by atoms with Gasteiger partial charge in [0.15, 0.2) is 0 Å². The lowest BCUT2D eigenvalue weighted by Crippen LogP contribution is -2.15. The van der Waals surface area contributed by atoms with Crippen LogP contribution in [0.5, 0.6) is 0 Å². The SMILES string of the molecule is Cc1csc(=O)n1CCSc1ncnc2sc3c(c12)CCC3. The summed E-state index contributed by atoms with van der Waals surface area (Å²) < 4.78 is 1.84. The molecule has 0 saturated heterocycles. The lowest BCUT2D eigenvalue weighted by molar-refractivity contribution is 0.730. The number of thiazole rings is 1.